The van der Waals surface area contributed by atoms with Crippen molar-refractivity contribution in [1.82, 2.24) is 10.6 Å². The Balaban J connectivity index is 1.67. The monoisotopic (exact) mass is 226 g/mol. The van der Waals surface area contributed by atoms with Crippen LogP contribution in [0.15, 0.2) is 0 Å². The van der Waals surface area contributed by atoms with Gasteiger partial charge in [0, 0.05) is 25.7 Å². The lowest BCUT2D eigenvalue weighted by Gasteiger charge is -2.27. The second-order valence-electron chi connectivity index (χ2n) is 4.96. The number of carbonyl (C=O) groups excluding carboxylic acids is 1. The van der Waals surface area contributed by atoms with Crippen LogP contribution >= 0.6 is 0 Å². The Morgan fingerprint density at radius 2 is 2.31 bits per heavy atom. The van der Waals surface area contributed by atoms with E-state index in [9.17, 15) is 4.79 Å². The first kappa shape index (κ1) is 11.9. The fourth-order valence-electron chi connectivity index (χ4n) is 2.39. The highest BCUT2D eigenvalue weighted by molar-refractivity contribution is 5.79. The first-order chi connectivity index (χ1) is 7.75. The summed E-state index contributed by atoms with van der Waals surface area (Å²) in [4.78, 5) is 11.9. The third-order valence-electron chi connectivity index (χ3n) is 3.56. The van der Waals surface area contributed by atoms with Crippen LogP contribution in [0.2, 0.25) is 0 Å². The van der Waals surface area contributed by atoms with E-state index in [2.05, 4.69) is 17.6 Å². The van der Waals surface area contributed by atoms with Crippen molar-refractivity contribution in [2.45, 2.75) is 44.8 Å². The van der Waals surface area contributed by atoms with E-state index in [1.165, 1.54) is 0 Å². The first-order valence-electron chi connectivity index (χ1n) is 6.38. The molecular weight excluding hydrogens is 204 g/mol. The standard InChI is InChI=1S/C12H22N2O2/c1-9-4-5-10(7-13-9)12(15)14-8-11-3-2-6-16-11/h9-11,13H,2-8H2,1H3,(H,14,15). The Morgan fingerprint density at radius 3 is 2.94 bits per heavy atom. The van der Waals surface area contributed by atoms with Crippen molar-refractivity contribution in [3.05, 3.63) is 0 Å². The Morgan fingerprint density at radius 1 is 1.44 bits per heavy atom. The molecule has 2 aliphatic rings. The van der Waals surface area contributed by atoms with Gasteiger partial charge in [-0.3, -0.25) is 4.79 Å². The van der Waals surface area contributed by atoms with Gasteiger partial charge in [0.15, 0.2) is 0 Å². The summed E-state index contributed by atoms with van der Waals surface area (Å²) in [6.45, 7) is 4.52. The molecule has 4 nitrogen and oxygen atoms in total. The smallest absolute Gasteiger partial charge is 0.224 e. The molecule has 3 unspecified atom stereocenters. The number of nitrogens with one attached hydrogen (secondary N) is 2. The maximum absolute atomic E-state index is 11.9. The average Bonchev–Trinajstić information content (AvgIpc) is 2.80. The maximum Gasteiger partial charge on any atom is 0.224 e. The molecule has 0 bridgehead atoms. The third-order valence-corrected chi connectivity index (χ3v) is 3.56. The van der Waals surface area contributed by atoms with Gasteiger partial charge < -0.3 is 15.4 Å². The van der Waals surface area contributed by atoms with Gasteiger partial charge in [-0.2, -0.15) is 0 Å². The molecule has 0 aromatic heterocycles. The summed E-state index contributed by atoms with van der Waals surface area (Å²) in [5, 5.41) is 6.35. The van der Waals surface area contributed by atoms with Gasteiger partial charge in [-0.15, -0.1) is 0 Å². The lowest BCUT2D eigenvalue weighted by Crippen LogP contribution is -2.45. The predicted octanol–water partition coefficient (Wildman–Crippen LogP) is 0.670. The van der Waals surface area contributed by atoms with Gasteiger partial charge in [0.1, 0.15) is 0 Å². The van der Waals surface area contributed by atoms with Crippen LogP contribution < -0.4 is 10.6 Å². The Kier molecular flexibility index (Phi) is 4.18. The number of carbonyl (C=O) groups is 1. The van der Waals surface area contributed by atoms with E-state index in [0.29, 0.717) is 12.6 Å². The number of hydrogen-bond donors (Lipinski definition) is 2. The highest BCUT2D eigenvalue weighted by atomic mass is 16.5. The van der Waals surface area contributed by atoms with Gasteiger partial charge in [-0.05, 0) is 32.6 Å². The second-order valence-corrected chi connectivity index (χ2v) is 4.96. The molecule has 4 heteroatoms. The molecule has 2 heterocycles. The minimum atomic E-state index is 0.151. The largest absolute Gasteiger partial charge is 0.376 e. The van der Waals surface area contributed by atoms with Crippen LogP contribution in [0.3, 0.4) is 0 Å². The minimum Gasteiger partial charge on any atom is -0.376 e. The molecule has 0 aliphatic carbocycles. The molecule has 1 amide bonds. The zero-order valence-corrected chi connectivity index (χ0v) is 10.00. The van der Waals surface area contributed by atoms with Gasteiger partial charge in [-0.1, -0.05) is 0 Å². The Bertz CT molecular complexity index is 231. The van der Waals surface area contributed by atoms with Crippen molar-refractivity contribution < 1.29 is 9.53 Å². The van der Waals surface area contributed by atoms with E-state index < -0.39 is 0 Å². The molecule has 0 saturated carbocycles. The van der Waals surface area contributed by atoms with Crippen molar-refractivity contribution in [1.29, 1.82) is 0 Å². The van der Waals surface area contributed by atoms with E-state index >= 15 is 0 Å². The number of ether oxygens (including phenoxy) is 1. The van der Waals surface area contributed by atoms with E-state index in [1.807, 2.05) is 0 Å². The van der Waals surface area contributed by atoms with Gasteiger partial charge in [0.2, 0.25) is 5.91 Å². The number of piperidine rings is 1. The van der Waals surface area contributed by atoms with Crippen molar-refractivity contribution in [3.8, 4) is 0 Å². The van der Waals surface area contributed by atoms with Gasteiger partial charge in [0.25, 0.3) is 0 Å². The summed E-state index contributed by atoms with van der Waals surface area (Å²) in [6, 6.07) is 0.558. The van der Waals surface area contributed by atoms with Crippen LogP contribution in [0.1, 0.15) is 32.6 Å². The van der Waals surface area contributed by atoms with E-state index in [4.69, 9.17) is 4.74 Å². The summed E-state index contributed by atoms with van der Waals surface area (Å²) in [5.41, 5.74) is 0. The maximum atomic E-state index is 11.9. The average molecular weight is 226 g/mol. The van der Waals surface area contributed by atoms with E-state index in [-0.39, 0.29) is 17.9 Å². The molecule has 2 aliphatic heterocycles. The fraction of sp³-hybridized carbons (Fsp3) is 0.917. The van der Waals surface area contributed by atoms with Crippen molar-refractivity contribution in [2.75, 3.05) is 19.7 Å². The summed E-state index contributed by atoms with van der Waals surface area (Å²) < 4.78 is 5.48. The zero-order chi connectivity index (χ0) is 11.4. The molecule has 0 aromatic carbocycles. The summed E-state index contributed by atoms with van der Waals surface area (Å²) in [7, 11) is 0. The van der Waals surface area contributed by atoms with Crippen LogP contribution in [0.25, 0.3) is 0 Å². The van der Waals surface area contributed by atoms with Crippen LogP contribution in [0.5, 0.6) is 0 Å². The lowest BCUT2D eigenvalue weighted by molar-refractivity contribution is -0.126. The molecule has 0 aromatic rings. The molecular formula is C12H22N2O2. The number of rotatable bonds is 3. The minimum absolute atomic E-state index is 0.151. The van der Waals surface area contributed by atoms with Gasteiger partial charge in [-0.25, -0.2) is 0 Å². The van der Waals surface area contributed by atoms with E-state index in [1.54, 1.807) is 0 Å². The zero-order valence-electron chi connectivity index (χ0n) is 10.00. The molecule has 3 atom stereocenters. The molecule has 2 N–H and O–H groups in total. The molecule has 2 rings (SSSR count). The number of hydrogen-bond acceptors (Lipinski definition) is 3. The van der Waals surface area contributed by atoms with Gasteiger partial charge in [0.05, 0.1) is 12.0 Å². The summed E-state index contributed by atoms with van der Waals surface area (Å²) >= 11 is 0. The summed E-state index contributed by atoms with van der Waals surface area (Å²) in [5.74, 6) is 0.340. The molecule has 2 saturated heterocycles. The van der Waals surface area contributed by atoms with Gasteiger partial charge >= 0.3 is 0 Å². The third kappa shape index (κ3) is 3.19. The quantitative estimate of drug-likeness (QED) is 0.743. The normalized spacial score (nSPS) is 34.9. The first-order valence-corrected chi connectivity index (χ1v) is 6.38. The van der Waals surface area contributed by atoms with Crippen molar-refractivity contribution >= 4 is 5.91 Å². The molecule has 92 valence electrons. The van der Waals surface area contributed by atoms with Crippen molar-refractivity contribution in [2.24, 2.45) is 5.92 Å². The molecule has 0 spiro atoms. The van der Waals surface area contributed by atoms with Crippen molar-refractivity contribution in [3.63, 3.8) is 0 Å². The number of amides is 1. The predicted molar refractivity (Wildman–Crippen MR) is 62.2 cm³/mol. The molecule has 0 radical (unpaired) electrons. The topological polar surface area (TPSA) is 50.4 Å². The highest BCUT2D eigenvalue weighted by Gasteiger charge is 2.24. The Hall–Kier alpha value is -0.610. The highest BCUT2D eigenvalue weighted by Crippen LogP contribution is 2.15. The van der Waals surface area contributed by atoms with Crippen LogP contribution in [0, 0.1) is 5.92 Å². The van der Waals surface area contributed by atoms with Crippen LogP contribution in [-0.2, 0) is 9.53 Å². The van der Waals surface area contributed by atoms with Crippen LogP contribution in [0.4, 0.5) is 0 Å². The Labute approximate surface area is 97.1 Å². The lowest BCUT2D eigenvalue weighted by atomic mass is 9.95. The molecule has 2 fully saturated rings. The fourth-order valence-corrected chi connectivity index (χ4v) is 2.39. The van der Waals surface area contributed by atoms with Crippen LogP contribution in [-0.4, -0.2) is 37.7 Å². The molecule has 16 heavy (non-hydrogen) atoms. The SMILES string of the molecule is CC1CCC(C(=O)NCC2CCCO2)CN1. The second kappa shape index (κ2) is 5.64. The summed E-state index contributed by atoms with van der Waals surface area (Å²) in [6.07, 6.45) is 4.56. The van der Waals surface area contributed by atoms with E-state index in [0.717, 1.165) is 38.8 Å².